The van der Waals surface area contributed by atoms with Crippen LogP contribution in [0.5, 0.6) is 0 Å². The van der Waals surface area contributed by atoms with Gasteiger partial charge in [0, 0.05) is 19.6 Å². The molecule has 1 saturated carbocycles. The van der Waals surface area contributed by atoms with Crippen molar-refractivity contribution in [2.24, 2.45) is 5.92 Å². The molecule has 1 aromatic rings. The molecule has 0 spiro atoms. The summed E-state index contributed by atoms with van der Waals surface area (Å²) in [5.74, 6) is 0.220. The van der Waals surface area contributed by atoms with Crippen molar-refractivity contribution in [3.8, 4) is 0 Å². The van der Waals surface area contributed by atoms with Crippen LogP contribution < -0.4 is 10.6 Å². The first-order chi connectivity index (χ1) is 13.6. The molecular weight excluding hydrogens is 393 g/mol. The summed E-state index contributed by atoms with van der Waals surface area (Å²) in [5, 5.41) is 6.29. The SMILES string of the molecule is Cl.O=C(NCC1CCCN(C(=O)C2(c3cccc(F)c3)CCC2)C1)C1CCCN1. The standard InChI is InChI=1S/C22H30FN3O2.ClH/c23-18-7-1-6-17(13-18)22(9-4-10-22)21(28)26-12-3-5-16(15-26)14-25-20(27)19-8-2-11-24-19;/h1,6-7,13,16,19,24H,2-5,8-12,14-15H2,(H,25,27);1H. The van der Waals surface area contributed by atoms with Crippen LogP contribution in [0.2, 0.25) is 0 Å². The largest absolute Gasteiger partial charge is 0.354 e. The van der Waals surface area contributed by atoms with Gasteiger partial charge >= 0.3 is 0 Å². The van der Waals surface area contributed by atoms with Crippen LogP contribution in [0.1, 0.15) is 50.5 Å². The maximum Gasteiger partial charge on any atom is 0.237 e. The molecule has 2 atom stereocenters. The lowest BCUT2D eigenvalue weighted by Gasteiger charge is -2.46. The highest BCUT2D eigenvalue weighted by atomic mass is 35.5. The molecule has 0 radical (unpaired) electrons. The van der Waals surface area contributed by atoms with Gasteiger partial charge in [0.05, 0.1) is 11.5 Å². The molecule has 7 heteroatoms. The van der Waals surface area contributed by atoms with Gasteiger partial charge < -0.3 is 15.5 Å². The van der Waals surface area contributed by atoms with Crippen LogP contribution in [0.3, 0.4) is 0 Å². The highest BCUT2D eigenvalue weighted by Crippen LogP contribution is 2.45. The van der Waals surface area contributed by atoms with Gasteiger partial charge in [-0.05, 0) is 68.7 Å². The number of carbonyl (C=O) groups excluding carboxylic acids is 2. The maximum atomic E-state index is 13.8. The number of hydrogen-bond acceptors (Lipinski definition) is 3. The zero-order valence-electron chi connectivity index (χ0n) is 16.8. The first kappa shape index (κ1) is 22.0. The van der Waals surface area contributed by atoms with Crippen LogP contribution in [0.25, 0.3) is 0 Å². The molecular formula is C22H31ClFN3O2. The Kier molecular flexibility index (Phi) is 7.17. The van der Waals surface area contributed by atoms with E-state index in [2.05, 4.69) is 10.6 Å². The number of nitrogens with one attached hydrogen (secondary N) is 2. The van der Waals surface area contributed by atoms with Crippen molar-refractivity contribution in [3.63, 3.8) is 0 Å². The summed E-state index contributed by atoms with van der Waals surface area (Å²) < 4.78 is 13.8. The van der Waals surface area contributed by atoms with E-state index in [9.17, 15) is 14.0 Å². The van der Waals surface area contributed by atoms with Gasteiger partial charge in [-0.2, -0.15) is 0 Å². The van der Waals surface area contributed by atoms with Gasteiger partial charge in [-0.25, -0.2) is 4.39 Å². The molecule has 2 N–H and O–H groups in total. The number of halogens is 2. The van der Waals surface area contributed by atoms with Crippen molar-refractivity contribution in [3.05, 3.63) is 35.6 Å². The molecule has 2 amide bonds. The molecule has 160 valence electrons. The molecule has 4 rings (SSSR count). The summed E-state index contributed by atoms with van der Waals surface area (Å²) in [6, 6.07) is 6.47. The number of rotatable bonds is 5. The predicted molar refractivity (Wildman–Crippen MR) is 113 cm³/mol. The average molecular weight is 424 g/mol. The van der Waals surface area contributed by atoms with Gasteiger partial charge in [0.15, 0.2) is 0 Å². The third-order valence-corrected chi connectivity index (χ3v) is 6.74. The topological polar surface area (TPSA) is 61.4 Å². The van der Waals surface area contributed by atoms with Crippen molar-refractivity contribution in [2.45, 2.75) is 56.4 Å². The van der Waals surface area contributed by atoms with Crippen LogP contribution in [-0.2, 0) is 15.0 Å². The minimum absolute atomic E-state index is 0. The van der Waals surface area contributed by atoms with Crippen molar-refractivity contribution in [1.82, 2.24) is 15.5 Å². The Morgan fingerprint density at radius 2 is 2.03 bits per heavy atom. The molecule has 0 aromatic heterocycles. The number of carbonyl (C=O) groups is 2. The second kappa shape index (κ2) is 9.43. The quantitative estimate of drug-likeness (QED) is 0.765. The van der Waals surface area contributed by atoms with Crippen LogP contribution in [0.4, 0.5) is 4.39 Å². The van der Waals surface area contributed by atoms with E-state index in [0.717, 1.165) is 63.6 Å². The van der Waals surface area contributed by atoms with Gasteiger partial charge in [-0.3, -0.25) is 9.59 Å². The van der Waals surface area contributed by atoms with E-state index in [-0.39, 0.29) is 42.0 Å². The van der Waals surface area contributed by atoms with E-state index in [1.807, 2.05) is 11.0 Å². The Morgan fingerprint density at radius 3 is 2.69 bits per heavy atom. The second-order valence-electron chi connectivity index (χ2n) is 8.60. The van der Waals surface area contributed by atoms with Crippen molar-refractivity contribution in [1.29, 1.82) is 0 Å². The lowest BCUT2D eigenvalue weighted by Crippen LogP contribution is -2.54. The van der Waals surface area contributed by atoms with Crippen LogP contribution >= 0.6 is 12.4 Å². The number of piperidine rings is 1. The smallest absolute Gasteiger partial charge is 0.237 e. The van der Waals surface area contributed by atoms with E-state index in [4.69, 9.17) is 0 Å². The van der Waals surface area contributed by atoms with Crippen LogP contribution in [0.15, 0.2) is 24.3 Å². The molecule has 2 aliphatic heterocycles. The Bertz CT molecular complexity index is 735. The van der Waals surface area contributed by atoms with E-state index >= 15 is 0 Å². The molecule has 2 heterocycles. The molecule has 0 bridgehead atoms. The van der Waals surface area contributed by atoms with E-state index in [1.54, 1.807) is 6.07 Å². The summed E-state index contributed by atoms with van der Waals surface area (Å²) in [5.41, 5.74) is 0.257. The molecule has 29 heavy (non-hydrogen) atoms. The van der Waals surface area contributed by atoms with Crippen molar-refractivity contribution < 1.29 is 14.0 Å². The number of nitrogens with zero attached hydrogens (tertiary/aromatic N) is 1. The fraction of sp³-hybridized carbons (Fsp3) is 0.636. The Hall–Kier alpha value is -1.66. The first-order valence-corrected chi connectivity index (χ1v) is 10.6. The second-order valence-corrected chi connectivity index (χ2v) is 8.60. The van der Waals surface area contributed by atoms with E-state index < -0.39 is 5.41 Å². The fourth-order valence-corrected chi connectivity index (χ4v) is 4.94. The summed E-state index contributed by atoms with van der Waals surface area (Å²) >= 11 is 0. The zero-order chi connectivity index (χ0) is 19.6. The minimum atomic E-state index is -0.555. The normalized spacial score (nSPS) is 25.6. The zero-order valence-corrected chi connectivity index (χ0v) is 17.6. The predicted octanol–water partition coefficient (Wildman–Crippen LogP) is 2.78. The van der Waals surface area contributed by atoms with Gasteiger partial charge in [0.1, 0.15) is 5.82 Å². The van der Waals surface area contributed by atoms with E-state index in [1.165, 1.54) is 12.1 Å². The number of hydrogen-bond donors (Lipinski definition) is 2. The van der Waals surface area contributed by atoms with Gasteiger partial charge in [0.2, 0.25) is 11.8 Å². The Balaban J connectivity index is 0.00000240. The number of likely N-dealkylation sites (tertiary alicyclic amines) is 1. The highest BCUT2D eigenvalue weighted by Gasteiger charge is 2.48. The summed E-state index contributed by atoms with van der Waals surface area (Å²) in [6.07, 6.45) is 6.51. The summed E-state index contributed by atoms with van der Waals surface area (Å²) in [6.45, 7) is 2.96. The lowest BCUT2D eigenvalue weighted by atomic mass is 9.63. The number of benzene rings is 1. The van der Waals surface area contributed by atoms with Gasteiger partial charge in [-0.15, -0.1) is 12.4 Å². The molecule has 2 unspecified atom stereocenters. The molecule has 3 aliphatic rings. The molecule has 5 nitrogen and oxygen atoms in total. The molecule has 1 aliphatic carbocycles. The average Bonchev–Trinajstić information content (AvgIpc) is 3.20. The monoisotopic (exact) mass is 423 g/mol. The summed E-state index contributed by atoms with van der Waals surface area (Å²) in [7, 11) is 0. The highest BCUT2D eigenvalue weighted by molar-refractivity contribution is 5.89. The van der Waals surface area contributed by atoms with Crippen LogP contribution in [-0.4, -0.2) is 48.9 Å². The maximum absolute atomic E-state index is 13.8. The first-order valence-electron chi connectivity index (χ1n) is 10.6. The molecule has 3 fully saturated rings. The third kappa shape index (κ3) is 4.58. The minimum Gasteiger partial charge on any atom is -0.354 e. The van der Waals surface area contributed by atoms with Gasteiger partial charge in [-0.1, -0.05) is 18.6 Å². The summed E-state index contributed by atoms with van der Waals surface area (Å²) in [4.78, 5) is 27.6. The Morgan fingerprint density at radius 1 is 1.21 bits per heavy atom. The molecule has 2 saturated heterocycles. The lowest BCUT2D eigenvalue weighted by molar-refractivity contribution is -0.142. The fourth-order valence-electron chi connectivity index (χ4n) is 4.94. The third-order valence-electron chi connectivity index (χ3n) is 6.74. The molecule has 1 aromatic carbocycles. The number of amides is 2. The Labute approximate surface area is 178 Å². The van der Waals surface area contributed by atoms with Crippen molar-refractivity contribution in [2.75, 3.05) is 26.2 Å². The van der Waals surface area contributed by atoms with Crippen LogP contribution in [0, 0.1) is 11.7 Å². The van der Waals surface area contributed by atoms with Gasteiger partial charge in [0.25, 0.3) is 0 Å². The van der Waals surface area contributed by atoms with E-state index in [0.29, 0.717) is 13.1 Å². The van der Waals surface area contributed by atoms with Crippen molar-refractivity contribution >= 4 is 24.2 Å².